The van der Waals surface area contributed by atoms with Crippen LogP contribution < -0.4 is 14.8 Å². The minimum atomic E-state index is 0.0994. The summed E-state index contributed by atoms with van der Waals surface area (Å²) >= 11 is 0. The molecule has 1 aliphatic heterocycles. The predicted octanol–water partition coefficient (Wildman–Crippen LogP) is 2.97. The van der Waals surface area contributed by atoms with Gasteiger partial charge in [-0.15, -0.1) is 0 Å². The van der Waals surface area contributed by atoms with Crippen LogP contribution in [0.2, 0.25) is 0 Å². The van der Waals surface area contributed by atoms with Gasteiger partial charge in [0, 0.05) is 38.8 Å². The number of ether oxygens (including phenoxy) is 2. The third kappa shape index (κ3) is 5.99. The smallest absolute Gasteiger partial charge is 0.241 e. The molecule has 3 rings (SSSR count). The number of carbonyl (C=O) groups is 1. The second-order valence-electron chi connectivity index (χ2n) is 6.91. The average molecular weight is 396 g/mol. The van der Waals surface area contributed by atoms with Crippen molar-refractivity contribution < 1.29 is 14.3 Å². The first-order chi connectivity index (χ1) is 14.2. The van der Waals surface area contributed by atoms with E-state index in [0.717, 1.165) is 44.2 Å². The summed E-state index contributed by atoms with van der Waals surface area (Å²) in [6.45, 7) is 4.42. The van der Waals surface area contributed by atoms with Crippen LogP contribution in [0.4, 0.5) is 5.69 Å². The van der Waals surface area contributed by atoms with Gasteiger partial charge in [0.05, 0.1) is 26.5 Å². The van der Waals surface area contributed by atoms with Gasteiger partial charge >= 0.3 is 0 Å². The van der Waals surface area contributed by atoms with Gasteiger partial charge in [-0.2, -0.15) is 0 Å². The molecular formula is C23H29N3O3. The summed E-state index contributed by atoms with van der Waals surface area (Å²) in [7, 11) is 3.22. The number of anilines is 1. The van der Waals surface area contributed by atoms with Gasteiger partial charge in [0.1, 0.15) is 11.5 Å². The molecule has 154 valence electrons. The van der Waals surface area contributed by atoms with Crippen molar-refractivity contribution in [2.75, 3.05) is 58.8 Å². The molecule has 0 bridgehead atoms. The summed E-state index contributed by atoms with van der Waals surface area (Å²) in [6.07, 6.45) is 4.33. The maximum atomic E-state index is 12.6. The first-order valence-corrected chi connectivity index (χ1v) is 9.87. The average Bonchev–Trinajstić information content (AvgIpc) is 2.78. The van der Waals surface area contributed by atoms with Gasteiger partial charge in [0.15, 0.2) is 0 Å². The summed E-state index contributed by atoms with van der Waals surface area (Å²) < 4.78 is 10.6. The van der Waals surface area contributed by atoms with Crippen LogP contribution >= 0.6 is 0 Å². The Morgan fingerprint density at radius 2 is 1.79 bits per heavy atom. The Morgan fingerprint density at radius 3 is 2.48 bits per heavy atom. The van der Waals surface area contributed by atoms with Gasteiger partial charge < -0.3 is 19.7 Å². The van der Waals surface area contributed by atoms with Crippen LogP contribution in [0.5, 0.6) is 11.5 Å². The highest BCUT2D eigenvalue weighted by Gasteiger charge is 2.20. The van der Waals surface area contributed by atoms with E-state index in [1.165, 1.54) is 5.56 Å². The van der Waals surface area contributed by atoms with E-state index in [4.69, 9.17) is 9.47 Å². The van der Waals surface area contributed by atoms with E-state index in [1.807, 2.05) is 35.2 Å². The molecule has 0 saturated carbocycles. The van der Waals surface area contributed by atoms with Gasteiger partial charge in [-0.25, -0.2) is 0 Å². The Labute approximate surface area is 172 Å². The maximum absolute atomic E-state index is 12.6. The minimum absolute atomic E-state index is 0.0994. The molecule has 1 N–H and O–H groups in total. The number of piperazine rings is 1. The number of methoxy groups -OCH3 is 2. The lowest BCUT2D eigenvalue weighted by Gasteiger charge is -2.34. The lowest BCUT2D eigenvalue weighted by atomic mass is 10.2. The van der Waals surface area contributed by atoms with Crippen LogP contribution in [0.3, 0.4) is 0 Å². The van der Waals surface area contributed by atoms with Crippen LogP contribution in [0, 0.1) is 0 Å². The first kappa shape index (κ1) is 20.7. The molecule has 6 nitrogen and oxygen atoms in total. The fourth-order valence-corrected chi connectivity index (χ4v) is 3.31. The Hall–Kier alpha value is -2.99. The Bertz CT molecular complexity index is 815. The fraction of sp³-hybridized carbons (Fsp3) is 0.348. The standard InChI is InChI=1S/C23H29N3O3/c1-28-20-10-11-21(22(17-20)29-2)24-18-23(27)26-15-13-25(14-16-26)12-6-9-19-7-4-3-5-8-19/h3-11,17,24H,12-16,18H2,1-2H3/b9-6+. The van der Waals surface area contributed by atoms with Crippen molar-refractivity contribution in [2.24, 2.45) is 0 Å². The number of nitrogens with one attached hydrogen (secondary N) is 1. The van der Waals surface area contributed by atoms with Crippen molar-refractivity contribution in [3.05, 3.63) is 60.2 Å². The summed E-state index contributed by atoms with van der Waals surface area (Å²) in [4.78, 5) is 16.8. The molecule has 0 aromatic heterocycles. The number of hydrogen-bond acceptors (Lipinski definition) is 5. The van der Waals surface area contributed by atoms with Crippen LogP contribution in [0.15, 0.2) is 54.6 Å². The Kier molecular flexibility index (Phi) is 7.53. The highest BCUT2D eigenvalue weighted by molar-refractivity contribution is 5.81. The Morgan fingerprint density at radius 1 is 1.03 bits per heavy atom. The normalized spacial score (nSPS) is 14.8. The fourth-order valence-electron chi connectivity index (χ4n) is 3.31. The second kappa shape index (κ2) is 10.5. The predicted molar refractivity (Wildman–Crippen MR) is 117 cm³/mol. The molecule has 0 atom stereocenters. The molecule has 2 aromatic carbocycles. The van der Waals surface area contributed by atoms with Gasteiger partial charge in [-0.05, 0) is 17.7 Å². The van der Waals surface area contributed by atoms with Gasteiger partial charge in [0.25, 0.3) is 0 Å². The van der Waals surface area contributed by atoms with Crippen LogP contribution in [-0.4, -0.2) is 69.2 Å². The number of benzene rings is 2. The molecule has 1 aliphatic rings. The van der Waals surface area contributed by atoms with Crippen molar-refractivity contribution >= 4 is 17.7 Å². The van der Waals surface area contributed by atoms with E-state index in [9.17, 15) is 4.79 Å². The summed E-state index contributed by atoms with van der Waals surface area (Å²) in [5.41, 5.74) is 1.99. The Balaban J connectivity index is 1.42. The topological polar surface area (TPSA) is 54.0 Å². The van der Waals surface area contributed by atoms with Gasteiger partial charge in [-0.3, -0.25) is 9.69 Å². The van der Waals surface area contributed by atoms with Gasteiger partial charge in [0.2, 0.25) is 5.91 Å². The monoisotopic (exact) mass is 395 g/mol. The lowest BCUT2D eigenvalue weighted by molar-refractivity contribution is -0.130. The lowest BCUT2D eigenvalue weighted by Crippen LogP contribution is -2.50. The molecule has 1 saturated heterocycles. The highest BCUT2D eigenvalue weighted by atomic mass is 16.5. The molecule has 0 unspecified atom stereocenters. The molecule has 1 heterocycles. The summed E-state index contributed by atoms with van der Waals surface area (Å²) in [5.74, 6) is 1.48. The van der Waals surface area contributed by atoms with Crippen molar-refractivity contribution in [3.8, 4) is 11.5 Å². The van der Waals surface area contributed by atoms with E-state index in [-0.39, 0.29) is 12.5 Å². The third-order valence-electron chi connectivity index (χ3n) is 5.04. The molecule has 0 spiro atoms. The number of carbonyl (C=O) groups excluding carboxylic acids is 1. The minimum Gasteiger partial charge on any atom is -0.497 e. The molecule has 29 heavy (non-hydrogen) atoms. The van der Waals surface area contributed by atoms with Crippen LogP contribution in [0.25, 0.3) is 6.08 Å². The van der Waals surface area contributed by atoms with E-state index >= 15 is 0 Å². The highest BCUT2D eigenvalue weighted by Crippen LogP contribution is 2.28. The molecule has 1 amide bonds. The number of nitrogens with zero attached hydrogens (tertiary/aromatic N) is 2. The zero-order valence-corrected chi connectivity index (χ0v) is 17.1. The van der Waals surface area contributed by atoms with Crippen molar-refractivity contribution in [3.63, 3.8) is 0 Å². The van der Waals surface area contributed by atoms with Crippen LogP contribution in [0.1, 0.15) is 5.56 Å². The summed E-state index contributed by atoms with van der Waals surface area (Å²) in [5, 5.41) is 3.18. The summed E-state index contributed by atoms with van der Waals surface area (Å²) in [6, 6.07) is 15.8. The number of rotatable bonds is 8. The van der Waals surface area contributed by atoms with Crippen molar-refractivity contribution in [2.45, 2.75) is 0 Å². The molecule has 1 fully saturated rings. The first-order valence-electron chi connectivity index (χ1n) is 9.87. The zero-order chi connectivity index (χ0) is 20.5. The van der Waals surface area contributed by atoms with E-state index in [1.54, 1.807) is 20.3 Å². The quantitative estimate of drug-likeness (QED) is 0.745. The molecule has 0 radical (unpaired) electrons. The van der Waals surface area contributed by atoms with E-state index in [2.05, 4.69) is 34.5 Å². The SMILES string of the molecule is COc1ccc(NCC(=O)N2CCN(C/C=C/c3ccccc3)CC2)c(OC)c1. The van der Waals surface area contributed by atoms with Crippen LogP contribution in [-0.2, 0) is 4.79 Å². The van der Waals surface area contributed by atoms with Crippen molar-refractivity contribution in [1.29, 1.82) is 0 Å². The molecule has 6 heteroatoms. The number of amides is 1. The largest absolute Gasteiger partial charge is 0.497 e. The van der Waals surface area contributed by atoms with Gasteiger partial charge in [-0.1, -0.05) is 42.5 Å². The maximum Gasteiger partial charge on any atom is 0.241 e. The van der Waals surface area contributed by atoms with E-state index in [0.29, 0.717) is 5.75 Å². The zero-order valence-electron chi connectivity index (χ0n) is 17.1. The molecular weight excluding hydrogens is 366 g/mol. The number of hydrogen-bond donors (Lipinski definition) is 1. The third-order valence-corrected chi connectivity index (χ3v) is 5.04. The van der Waals surface area contributed by atoms with Crippen molar-refractivity contribution in [1.82, 2.24) is 9.80 Å². The van der Waals surface area contributed by atoms with E-state index < -0.39 is 0 Å². The second-order valence-corrected chi connectivity index (χ2v) is 6.91. The molecule has 0 aliphatic carbocycles. The molecule has 2 aromatic rings.